The van der Waals surface area contributed by atoms with E-state index in [1.807, 2.05) is 84.4 Å². The minimum Gasteiger partial charge on any atom is -0.354 e. The predicted molar refractivity (Wildman–Crippen MR) is 170 cm³/mol. The molecule has 1 N–H and O–H groups in total. The van der Waals surface area contributed by atoms with E-state index in [9.17, 15) is 9.18 Å². The van der Waals surface area contributed by atoms with E-state index in [2.05, 4.69) is 25.0 Å². The Kier molecular flexibility index (Phi) is 7.66. The van der Waals surface area contributed by atoms with Gasteiger partial charge in [0.25, 0.3) is 0 Å². The number of fused-ring (bicyclic) bond motifs is 1. The molecule has 10 heteroatoms. The fraction of sp³-hybridized carbons (Fsp3) is 0.294. The van der Waals surface area contributed by atoms with Gasteiger partial charge in [-0.25, -0.2) is 18.9 Å². The number of carbonyl (C=O) groups excluding carboxylic acids is 1. The summed E-state index contributed by atoms with van der Waals surface area (Å²) in [5.41, 5.74) is 4.13. The number of para-hydroxylation sites is 1. The lowest BCUT2D eigenvalue weighted by molar-refractivity contribution is -0.120. The molecule has 9 nitrogen and oxygen atoms in total. The number of nitrogens with zero attached hydrogens (tertiary/aromatic N) is 7. The lowest BCUT2D eigenvalue weighted by Crippen LogP contribution is -2.53. The topological polar surface area (TPSA) is 81.9 Å². The molecular weight excluding hydrogens is 555 g/mol. The molecule has 5 aromatic rings. The molecule has 2 aromatic carbocycles. The first-order valence-electron chi connectivity index (χ1n) is 15.2. The Morgan fingerprint density at radius 1 is 0.909 bits per heavy atom. The molecule has 7 rings (SSSR count). The predicted octanol–water partition coefficient (Wildman–Crippen LogP) is 5.42. The highest BCUT2D eigenvalue weighted by molar-refractivity contribution is 5.94. The van der Waals surface area contributed by atoms with Crippen LogP contribution in [0.3, 0.4) is 0 Å². The van der Waals surface area contributed by atoms with Crippen molar-refractivity contribution in [2.75, 3.05) is 47.8 Å². The van der Waals surface area contributed by atoms with Crippen LogP contribution in [0.4, 0.5) is 21.7 Å². The number of benzene rings is 2. The first-order chi connectivity index (χ1) is 21.5. The summed E-state index contributed by atoms with van der Waals surface area (Å²) in [6.07, 6.45) is 3.79. The summed E-state index contributed by atoms with van der Waals surface area (Å²) in [7, 11) is 0. The molecule has 2 atom stereocenters. The van der Waals surface area contributed by atoms with Gasteiger partial charge in [0.1, 0.15) is 23.1 Å². The van der Waals surface area contributed by atoms with Crippen molar-refractivity contribution in [2.45, 2.75) is 31.8 Å². The van der Waals surface area contributed by atoms with E-state index >= 15 is 0 Å². The third-order valence-electron chi connectivity index (χ3n) is 8.73. The summed E-state index contributed by atoms with van der Waals surface area (Å²) in [5.74, 6) is 1.51. The SMILES string of the molecule is CC(C(=O)Nc1ccccc1)N1CCN(c2cccc(-c3cnc4ccc(N5CCCC5c5cccc(F)c5)nn34)n2)CC1. The zero-order chi connectivity index (χ0) is 30.0. The Hall–Kier alpha value is -4.83. The highest BCUT2D eigenvalue weighted by Crippen LogP contribution is 2.36. The summed E-state index contributed by atoms with van der Waals surface area (Å²) in [6.45, 7) is 5.88. The van der Waals surface area contributed by atoms with Crippen LogP contribution >= 0.6 is 0 Å². The molecule has 1 amide bonds. The van der Waals surface area contributed by atoms with Gasteiger partial charge in [0.05, 0.1) is 24.0 Å². The van der Waals surface area contributed by atoms with Crippen LogP contribution in [0, 0.1) is 5.82 Å². The number of halogens is 1. The van der Waals surface area contributed by atoms with E-state index in [1.165, 1.54) is 6.07 Å². The van der Waals surface area contributed by atoms with Crippen LogP contribution in [0.2, 0.25) is 0 Å². The van der Waals surface area contributed by atoms with Crippen molar-refractivity contribution < 1.29 is 9.18 Å². The first-order valence-corrected chi connectivity index (χ1v) is 15.2. The molecule has 2 unspecified atom stereocenters. The Balaban J connectivity index is 1.06. The zero-order valence-corrected chi connectivity index (χ0v) is 24.7. The normalized spacial score (nSPS) is 18.1. The Labute approximate surface area is 256 Å². The van der Waals surface area contributed by atoms with E-state index < -0.39 is 0 Å². The van der Waals surface area contributed by atoms with Gasteiger partial charge in [0.2, 0.25) is 5.91 Å². The summed E-state index contributed by atoms with van der Waals surface area (Å²) in [5, 5.41) is 8.01. The third kappa shape index (κ3) is 5.60. The Morgan fingerprint density at radius 3 is 2.55 bits per heavy atom. The van der Waals surface area contributed by atoms with Gasteiger partial charge in [-0.05, 0) is 73.9 Å². The zero-order valence-electron chi connectivity index (χ0n) is 24.7. The second kappa shape index (κ2) is 12.0. The Morgan fingerprint density at radius 2 is 1.73 bits per heavy atom. The summed E-state index contributed by atoms with van der Waals surface area (Å²) >= 11 is 0. The van der Waals surface area contributed by atoms with Gasteiger partial charge in [0, 0.05) is 38.4 Å². The number of hydrogen-bond acceptors (Lipinski definition) is 7. The fourth-order valence-corrected chi connectivity index (χ4v) is 6.31. The number of carbonyl (C=O) groups is 1. The fourth-order valence-electron chi connectivity index (χ4n) is 6.31. The maximum Gasteiger partial charge on any atom is 0.241 e. The average Bonchev–Trinajstić information content (AvgIpc) is 3.73. The molecular formula is C34H35FN8O. The van der Waals surface area contributed by atoms with Gasteiger partial charge < -0.3 is 15.1 Å². The number of piperazine rings is 1. The molecule has 0 radical (unpaired) electrons. The van der Waals surface area contributed by atoms with Crippen molar-refractivity contribution in [3.8, 4) is 11.4 Å². The van der Waals surface area contributed by atoms with Crippen molar-refractivity contribution >= 4 is 28.9 Å². The number of anilines is 3. The van der Waals surface area contributed by atoms with Crippen molar-refractivity contribution in [2.24, 2.45) is 0 Å². The van der Waals surface area contributed by atoms with E-state index in [4.69, 9.17) is 10.1 Å². The van der Waals surface area contributed by atoms with E-state index in [-0.39, 0.29) is 23.8 Å². The van der Waals surface area contributed by atoms with Gasteiger partial charge in [-0.2, -0.15) is 0 Å². The van der Waals surface area contributed by atoms with Gasteiger partial charge in [-0.1, -0.05) is 36.4 Å². The first kappa shape index (κ1) is 28.0. The number of nitrogens with one attached hydrogen (secondary N) is 1. The van der Waals surface area contributed by atoms with Gasteiger partial charge >= 0.3 is 0 Å². The van der Waals surface area contributed by atoms with E-state index in [1.54, 1.807) is 12.1 Å². The second-order valence-electron chi connectivity index (χ2n) is 11.4. The van der Waals surface area contributed by atoms with Crippen molar-refractivity contribution in [3.63, 3.8) is 0 Å². The van der Waals surface area contributed by atoms with Crippen LogP contribution in [0.25, 0.3) is 17.0 Å². The van der Waals surface area contributed by atoms with Crippen LogP contribution in [-0.4, -0.2) is 69.2 Å². The highest BCUT2D eigenvalue weighted by atomic mass is 19.1. The number of amides is 1. The van der Waals surface area contributed by atoms with Gasteiger partial charge in [-0.15, -0.1) is 5.10 Å². The lowest BCUT2D eigenvalue weighted by Gasteiger charge is -2.38. The molecule has 0 spiro atoms. The minimum absolute atomic E-state index is 0.000403. The molecule has 0 saturated carbocycles. The molecule has 224 valence electrons. The van der Waals surface area contributed by atoms with Gasteiger partial charge in [-0.3, -0.25) is 9.69 Å². The van der Waals surface area contributed by atoms with Crippen molar-refractivity contribution in [1.29, 1.82) is 0 Å². The van der Waals surface area contributed by atoms with Crippen LogP contribution in [0.1, 0.15) is 31.4 Å². The van der Waals surface area contributed by atoms with Crippen LogP contribution in [0.15, 0.2) is 91.1 Å². The average molecular weight is 591 g/mol. The molecule has 3 aromatic heterocycles. The molecule has 0 bridgehead atoms. The Bertz CT molecular complexity index is 1770. The maximum atomic E-state index is 14.0. The minimum atomic E-state index is -0.230. The maximum absolute atomic E-state index is 14.0. The monoisotopic (exact) mass is 590 g/mol. The van der Waals surface area contributed by atoms with Crippen LogP contribution in [-0.2, 0) is 4.79 Å². The van der Waals surface area contributed by atoms with Crippen molar-refractivity contribution in [3.05, 3.63) is 103 Å². The number of hydrogen-bond donors (Lipinski definition) is 1. The molecule has 44 heavy (non-hydrogen) atoms. The summed E-state index contributed by atoms with van der Waals surface area (Å²) in [6, 6.07) is 26.3. The van der Waals surface area contributed by atoms with Gasteiger partial charge in [0.15, 0.2) is 5.65 Å². The van der Waals surface area contributed by atoms with Crippen LogP contribution in [0.5, 0.6) is 0 Å². The standard InChI is InChI=1S/C34H35FN8O/c1-24(34(44)37-27-10-3-2-4-11-27)40-18-20-41(21-19-40)32-14-6-12-28(38-32)30-23-36-31-15-16-33(39-43(30)31)42-17-7-13-29(42)25-8-5-9-26(35)22-25/h2-6,8-12,14-16,22-24,29H,7,13,17-21H2,1H3,(H,37,44). The largest absolute Gasteiger partial charge is 0.354 e. The van der Waals surface area contributed by atoms with E-state index in [0.29, 0.717) is 0 Å². The number of imidazole rings is 1. The molecule has 2 aliphatic heterocycles. The quantitative estimate of drug-likeness (QED) is 0.271. The number of aromatic nitrogens is 4. The number of pyridine rings is 1. The van der Waals surface area contributed by atoms with Crippen LogP contribution < -0.4 is 15.1 Å². The summed E-state index contributed by atoms with van der Waals surface area (Å²) in [4.78, 5) is 29.2. The van der Waals surface area contributed by atoms with Crippen molar-refractivity contribution in [1.82, 2.24) is 24.5 Å². The third-order valence-corrected chi connectivity index (χ3v) is 8.73. The molecule has 0 aliphatic carbocycles. The second-order valence-corrected chi connectivity index (χ2v) is 11.4. The smallest absolute Gasteiger partial charge is 0.241 e. The number of rotatable bonds is 7. The van der Waals surface area contributed by atoms with E-state index in [0.717, 1.165) is 85.5 Å². The highest BCUT2D eigenvalue weighted by Gasteiger charge is 2.29. The molecule has 2 saturated heterocycles. The molecule has 5 heterocycles. The molecule has 2 fully saturated rings. The molecule has 2 aliphatic rings. The lowest BCUT2D eigenvalue weighted by atomic mass is 10.0. The summed E-state index contributed by atoms with van der Waals surface area (Å²) < 4.78 is 15.9.